The first-order valence-corrected chi connectivity index (χ1v) is 5.37. The molecule has 0 atom stereocenters. The van der Waals surface area contributed by atoms with E-state index in [0.29, 0.717) is 0 Å². The molecule has 0 bridgehead atoms. The zero-order valence-corrected chi connectivity index (χ0v) is 8.22. The molecular formula is C7H8F2N2O3S. The Bertz CT molecular complexity index is 483. The molecule has 0 aromatic carbocycles. The second kappa shape index (κ2) is 4.49. The van der Waals surface area contributed by atoms with Crippen LogP contribution in [0.2, 0.25) is 0 Å². The Morgan fingerprint density at radius 2 is 2.13 bits per heavy atom. The van der Waals surface area contributed by atoms with Crippen molar-refractivity contribution in [2.24, 2.45) is 0 Å². The number of nitrogens with one attached hydrogen (secondary N) is 2. The molecule has 0 spiro atoms. The van der Waals surface area contributed by atoms with Gasteiger partial charge in [-0.05, 0) is 0 Å². The first kappa shape index (κ1) is 11.8. The number of hydrogen-bond acceptors (Lipinski definition) is 3. The number of alkyl halides is 2. The van der Waals surface area contributed by atoms with E-state index in [2.05, 4.69) is 4.98 Å². The van der Waals surface area contributed by atoms with Gasteiger partial charge in [0.1, 0.15) is 4.90 Å². The summed E-state index contributed by atoms with van der Waals surface area (Å²) in [5.41, 5.74) is -0.754. The molecule has 2 N–H and O–H groups in total. The summed E-state index contributed by atoms with van der Waals surface area (Å²) >= 11 is 0. The number of halogens is 2. The van der Waals surface area contributed by atoms with Gasteiger partial charge in [-0.15, -0.1) is 0 Å². The third kappa shape index (κ3) is 3.10. The Labute approximate surface area is 84.2 Å². The minimum absolute atomic E-state index is 0.578. The average Bonchev–Trinajstić information content (AvgIpc) is 2.15. The number of H-pyrrole nitrogens is 1. The number of aromatic nitrogens is 1. The summed E-state index contributed by atoms with van der Waals surface area (Å²) in [6, 6.07) is 0.997. The molecular weight excluding hydrogens is 230 g/mol. The molecule has 1 aromatic rings. The minimum Gasteiger partial charge on any atom is -0.366 e. The van der Waals surface area contributed by atoms with E-state index >= 15 is 0 Å². The van der Waals surface area contributed by atoms with Crippen molar-refractivity contribution >= 4 is 10.0 Å². The number of hydrogen-bond donors (Lipinski definition) is 2. The molecule has 0 fully saturated rings. The summed E-state index contributed by atoms with van der Waals surface area (Å²) in [4.78, 5) is 12.9. The predicted molar refractivity (Wildman–Crippen MR) is 48.3 cm³/mol. The summed E-state index contributed by atoms with van der Waals surface area (Å²) in [7, 11) is -4.16. The Morgan fingerprint density at radius 3 is 2.67 bits per heavy atom. The van der Waals surface area contributed by atoms with Crippen LogP contribution in [-0.2, 0) is 10.0 Å². The number of rotatable bonds is 4. The first-order valence-electron chi connectivity index (χ1n) is 3.88. The predicted octanol–water partition coefficient (Wildman–Crippen LogP) is -0.0817. The maximum atomic E-state index is 11.8. The summed E-state index contributed by atoms with van der Waals surface area (Å²) in [6.45, 7) is -1.02. The van der Waals surface area contributed by atoms with Gasteiger partial charge in [-0.25, -0.2) is 21.9 Å². The van der Waals surface area contributed by atoms with Gasteiger partial charge in [-0.1, -0.05) is 0 Å². The van der Waals surface area contributed by atoms with Crippen LogP contribution >= 0.6 is 0 Å². The van der Waals surface area contributed by atoms with Gasteiger partial charge in [0.2, 0.25) is 15.5 Å². The Balaban J connectivity index is 2.97. The van der Waals surface area contributed by atoms with Gasteiger partial charge in [-0.3, -0.25) is 4.79 Å². The molecule has 0 amide bonds. The fraction of sp³-hybridized carbons (Fsp3) is 0.286. The topological polar surface area (TPSA) is 79.0 Å². The molecule has 1 heterocycles. The molecule has 0 radical (unpaired) electrons. The van der Waals surface area contributed by atoms with Crippen molar-refractivity contribution in [3.8, 4) is 0 Å². The van der Waals surface area contributed by atoms with Gasteiger partial charge >= 0.3 is 0 Å². The summed E-state index contributed by atoms with van der Waals surface area (Å²) in [5, 5.41) is 0. The third-order valence-corrected chi connectivity index (χ3v) is 2.95. The molecule has 1 aromatic heterocycles. The van der Waals surface area contributed by atoms with Crippen LogP contribution in [0.5, 0.6) is 0 Å². The second-order valence-electron chi connectivity index (χ2n) is 2.62. The molecule has 0 saturated heterocycles. The van der Waals surface area contributed by atoms with Crippen LogP contribution in [0.15, 0.2) is 28.2 Å². The highest BCUT2D eigenvalue weighted by atomic mass is 32.2. The zero-order chi connectivity index (χ0) is 11.5. The molecule has 0 aliphatic heterocycles. The molecule has 0 aliphatic rings. The zero-order valence-electron chi connectivity index (χ0n) is 7.41. The third-order valence-electron chi connectivity index (χ3n) is 1.51. The highest BCUT2D eigenvalue weighted by molar-refractivity contribution is 7.89. The lowest BCUT2D eigenvalue weighted by molar-refractivity contribution is 0.153. The Kier molecular flexibility index (Phi) is 3.53. The summed E-state index contributed by atoms with van der Waals surface area (Å²) < 4.78 is 47.7. The number of sulfonamides is 1. The van der Waals surface area contributed by atoms with E-state index in [1.54, 1.807) is 4.72 Å². The largest absolute Gasteiger partial charge is 0.366 e. The van der Waals surface area contributed by atoms with Crippen LogP contribution in [0.1, 0.15) is 0 Å². The van der Waals surface area contributed by atoms with Crippen LogP contribution in [0.4, 0.5) is 8.78 Å². The van der Waals surface area contributed by atoms with E-state index in [1.807, 2.05) is 0 Å². The first-order chi connectivity index (χ1) is 6.93. The van der Waals surface area contributed by atoms with Gasteiger partial charge in [0, 0.05) is 18.5 Å². The lowest BCUT2D eigenvalue weighted by atomic mass is 10.5. The molecule has 8 heteroatoms. The molecule has 15 heavy (non-hydrogen) atoms. The van der Waals surface area contributed by atoms with E-state index in [4.69, 9.17) is 0 Å². The van der Waals surface area contributed by atoms with Gasteiger partial charge < -0.3 is 4.98 Å². The van der Waals surface area contributed by atoms with Crippen LogP contribution < -0.4 is 10.2 Å². The van der Waals surface area contributed by atoms with Gasteiger partial charge in [0.25, 0.3) is 6.43 Å². The Morgan fingerprint density at radius 1 is 1.47 bits per heavy atom. The van der Waals surface area contributed by atoms with E-state index in [-0.39, 0.29) is 0 Å². The van der Waals surface area contributed by atoms with Crippen LogP contribution in [-0.4, -0.2) is 26.4 Å². The van der Waals surface area contributed by atoms with Crippen LogP contribution in [0.25, 0.3) is 0 Å². The van der Waals surface area contributed by atoms with Gasteiger partial charge in [0.15, 0.2) is 0 Å². The van der Waals surface area contributed by atoms with Crippen molar-refractivity contribution in [1.29, 1.82) is 0 Å². The fourth-order valence-electron chi connectivity index (χ4n) is 0.861. The maximum absolute atomic E-state index is 11.8. The molecule has 0 unspecified atom stereocenters. The van der Waals surface area contributed by atoms with E-state index in [0.717, 1.165) is 12.3 Å². The van der Waals surface area contributed by atoms with E-state index in [9.17, 15) is 22.0 Å². The van der Waals surface area contributed by atoms with Crippen molar-refractivity contribution in [2.45, 2.75) is 11.3 Å². The van der Waals surface area contributed by atoms with Gasteiger partial charge in [-0.2, -0.15) is 0 Å². The molecule has 5 nitrogen and oxygen atoms in total. The van der Waals surface area contributed by atoms with Gasteiger partial charge in [0.05, 0.1) is 6.54 Å². The number of pyridine rings is 1. The monoisotopic (exact) mass is 238 g/mol. The van der Waals surface area contributed by atoms with Crippen molar-refractivity contribution in [3.05, 3.63) is 28.7 Å². The maximum Gasteiger partial charge on any atom is 0.251 e. The van der Waals surface area contributed by atoms with E-state index in [1.165, 1.54) is 6.20 Å². The molecule has 0 aliphatic carbocycles. The Hall–Kier alpha value is -1.28. The standard InChI is InChI=1S/C7H8F2N2O3S/c8-7(9)4-11-15(13,14)6-3-10-2-1-5(6)12/h1-3,7,11H,4H2,(H,10,12). The lowest BCUT2D eigenvalue weighted by Gasteiger charge is -2.04. The van der Waals surface area contributed by atoms with Crippen molar-refractivity contribution < 1.29 is 17.2 Å². The van der Waals surface area contributed by atoms with Crippen molar-refractivity contribution in [2.75, 3.05) is 6.54 Å². The molecule has 84 valence electrons. The smallest absolute Gasteiger partial charge is 0.251 e. The average molecular weight is 238 g/mol. The number of aromatic amines is 1. The minimum atomic E-state index is -4.16. The molecule has 0 saturated carbocycles. The van der Waals surface area contributed by atoms with E-state index < -0.39 is 33.3 Å². The highest BCUT2D eigenvalue weighted by Gasteiger charge is 2.18. The van der Waals surface area contributed by atoms with Crippen molar-refractivity contribution in [1.82, 2.24) is 9.71 Å². The van der Waals surface area contributed by atoms with Crippen molar-refractivity contribution in [3.63, 3.8) is 0 Å². The van der Waals surface area contributed by atoms with Crippen LogP contribution in [0.3, 0.4) is 0 Å². The normalized spacial score (nSPS) is 11.9. The SMILES string of the molecule is O=c1cc[nH]cc1S(=O)(=O)NCC(F)F. The second-order valence-corrected chi connectivity index (χ2v) is 4.35. The summed E-state index contributed by atoms with van der Waals surface area (Å²) in [5.74, 6) is 0. The lowest BCUT2D eigenvalue weighted by Crippen LogP contribution is -2.31. The molecule has 1 rings (SSSR count). The summed E-state index contributed by atoms with van der Waals surface area (Å²) in [6.07, 6.45) is -0.618. The fourth-order valence-corrected chi connectivity index (χ4v) is 1.92. The van der Waals surface area contributed by atoms with Crippen LogP contribution in [0, 0.1) is 0 Å². The quantitative estimate of drug-likeness (QED) is 0.770. The highest BCUT2D eigenvalue weighted by Crippen LogP contribution is 2.00.